The van der Waals surface area contributed by atoms with Gasteiger partial charge >= 0.3 is 17.9 Å². The van der Waals surface area contributed by atoms with E-state index < -0.39 is 60.2 Å². The minimum atomic E-state index is -2.18. The number of benzene rings is 2. The van der Waals surface area contributed by atoms with Crippen LogP contribution < -0.4 is 0 Å². The van der Waals surface area contributed by atoms with Crippen LogP contribution in [0.25, 0.3) is 12.2 Å². The fourth-order valence-electron chi connectivity index (χ4n) is 3.85. The third-order valence-electron chi connectivity index (χ3n) is 6.04. The summed E-state index contributed by atoms with van der Waals surface area (Å²) < 4.78 is 10.6. The molecule has 0 saturated heterocycles. The van der Waals surface area contributed by atoms with Crippen molar-refractivity contribution >= 4 is 30.1 Å². The molecule has 4 unspecified atom stereocenters. The summed E-state index contributed by atoms with van der Waals surface area (Å²) in [7, 11) is 0. The maximum Gasteiger partial charge on any atom is 0.348 e. The zero-order valence-corrected chi connectivity index (χ0v) is 19.6. The third kappa shape index (κ3) is 6.58. The molecule has 1 aliphatic rings. The van der Waals surface area contributed by atoms with E-state index in [1.54, 1.807) is 6.92 Å². The Kier molecular flexibility index (Phi) is 8.08. The van der Waals surface area contributed by atoms with Gasteiger partial charge in [-0.2, -0.15) is 0 Å². The van der Waals surface area contributed by atoms with Crippen LogP contribution in [0.3, 0.4) is 0 Å². The fourth-order valence-corrected chi connectivity index (χ4v) is 3.85. The highest BCUT2D eigenvalue weighted by Crippen LogP contribution is 2.38. The number of ether oxygens (including phenoxy) is 2. The predicted octanol–water partition coefficient (Wildman–Crippen LogP) is 2.30. The number of hydrogen-bond acceptors (Lipinski definition) is 10. The minimum Gasteiger partial charge on any atom is -0.504 e. The fraction of sp³-hybridized carbons (Fsp3) is 0.269. The van der Waals surface area contributed by atoms with Crippen molar-refractivity contribution in [3.05, 3.63) is 59.7 Å². The van der Waals surface area contributed by atoms with E-state index in [1.165, 1.54) is 48.6 Å². The van der Waals surface area contributed by atoms with Crippen LogP contribution in [0.2, 0.25) is 0 Å². The number of hydrogen-bond donors (Lipinski definition) is 6. The topological polar surface area (TPSA) is 191 Å². The van der Waals surface area contributed by atoms with Crippen LogP contribution in [0, 0.1) is 5.92 Å². The molecular weight excluding hydrogens is 488 g/mol. The normalized spacial score (nSPS) is 23.7. The lowest BCUT2D eigenvalue weighted by molar-refractivity contribution is -0.198. The number of esters is 2. The van der Waals surface area contributed by atoms with Gasteiger partial charge in [-0.1, -0.05) is 19.1 Å². The van der Waals surface area contributed by atoms with Gasteiger partial charge in [0, 0.05) is 30.9 Å². The molecule has 1 fully saturated rings. The number of aliphatic carboxylic acids is 1. The van der Waals surface area contributed by atoms with Gasteiger partial charge in [-0.3, -0.25) is 0 Å². The van der Waals surface area contributed by atoms with Crippen molar-refractivity contribution in [1.29, 1.82) is 0 Å². The van der Waals surface area contributed by atoms with Crippen molar-refractivity contribution in [1.82, 2.24) is 0 Å². The van der Waals surface area contributed by atoms with E-state index in [9.17, 15) is 45.0 Å². The van der Waals surface area contributed by atoms with Crippen molar-refractivity contribution in [3.63, 3.8) is 0 Å². The average Bonchev–Trinajstić information content (AvgIpc) is 2.83. The van der Waals surface area contributed by atoms with Gasteiger partial charge in [0.1, 0.15) is 6.10 Å². The monoisotopic (exact) mass is 514 g/mol. The highest BCUT2D eigenvalue weighted by Gasteiger charge is 2.53. The number of carbonyl (C=O) groups excluding carboxylic acids is 2. The summed E-state index contributed by atoms with van der Waals surface area (Å²) in [6.45, 7) is 1.56. The summed E-state index contributed by atoms with van der Waals surface area (Å²) in [4.78, 5) is 37.0. The summed E-state index contributed by atoms with van der Waals surface area (Å²) in [5, 5.41) is 58.2. The number of carboxylic acids is 1. The van der Waals surface area contributed by atoms with Crippen molar-refractivity contribution in [2.24, 2.45) is 5.92 Å². The molecule has 11 nitrogen and oxygen atoms in total. The van der Waals surface area contributed by atoms with Gasteiger partial charge in [0.2, 0.25) is 5.60 Å². The Morgan fingerprint density at radius 2 is 1.35 bits per heavy atom. The summed E-state index contributed by atoms with van der Waals surface area (Å²) in [5.41, 5.74) is -1.47. The maximum atomic E-state index is 12.5. The summed E-state index contributed by atoms with van der Waals surface area (Å²) >= 11 is 0. The maximum absolute atomic E-state index is 12.5. The number of phenolic OH excluding ortho intramolecular Hbond substituents is 4. The molecule has 2 aromatic rings. The zero-order valence-electron chi connectivity index (χ0n) is 19.6. The Morgan fingerprint density at radius 1 is 0.838 bits per heavy atom. The first kappa shape index (κ1) is 27.1. The SMILES string of the molecule is CC1C(O)CC(OC(=O)/C=C/c2ccc(O)c(O)c2)(C(=O)O)CC1OC(=O)/C=C/c1ccc(O)c(O)c1. The Balaban J connectivity index is 1.73. The largest absolute Gasteiger partial charge is 0.504 e. The average molecular weight is 514 g/mol. The number of phenols is 4. The molecule has 0 amide bonds. The lowest BCUT2D eigenvalue weighted by Crippen LogP contribution is -2.56. The molecule has 6 N–H and O–H groups in total. The van der Waals surface area contributed by atoms with E-state index >= 15 is 0 Å². The first-order chi connectivity index (χ1) is 17.4. The van der Waals surface area contributed by atoms with Gasteiger partial charge in [-0.15, -0.1) is 0 Å². The smallest absolute Gasteiger partial charge is 0.348 e. The van der Waals surface area contributed by atoms with Crippen LogP contribution in [-0.4, -0.2) is 66.4 Å². The quantitative estimate of drug-likeness (QED) is 0.180. The van der Waals surface area contributed by atoms with Gasteiger partial charge in [0.25, 0.3) is 0 Å². The molecule has 0 aromatic heterocycles. The highest BCUT2D eigenvalue weighted by atomic mass is 16.6. The van der Waals surface area contributed by atoms with Crippen LogP contribution in [0.15, 0.2) is 48.6 Å². The molecule has 0 heterocycles. The summed E-state index contributed by atoms with van der Waals surface area (Å²) in [6.07, 6.45) is 1.27. The first-order valence-electron chi connectivity index (χ1n) is 11.2. The van der Waals surface area contributed by atoms with Crippen LogP contribution >= 0.6 is 0 Å². The number of carboxylic acid groups (broad SMARTS) is 1. The van der Waals surface area contributed by atoms with Gasteiger partial charge in [0.15, 0.2) is 23.0 Å². The molecule has 4 atom stereocenters. The van der Waals surface area contributed by atoms with E-state index in [4.69, 9.17) is 9.47 Å². The molecule has 3 rings (SSSR count). The number of aliphatic hydroxyl groups is 1. The molecule has 2 aromatic carbocycles. The van der Waals surface area contributed by atoms with Crippen molar-refractivity contribution < 1.29 is 54.5 Å². The van der Waals surface area contributed by atoms with Crippen LogP contribution in [0.5, 0.6) is 23.0 Å². The molecule has 1 saturated carbocycles. The van der Waals surface area contributed by atoms with Crippen LogP contribution in [0.1, 0.15) is 30.9 Å². The molecule has 196 valence electrons. The van der Waals surface area contributed by atoms with E-state index in [1.807, 2.05) is 0 Å². The minimum absolute atomic E-state index is 0.328. The van der Waals surface area contributed by atoms with Gasteiger partial charge < -0.3 is 40.1 Å². The Hall–Kier alpha value is -4.51. The van der Waals surface area contributed by atoms with E-state index in [0.29, 0.717) is 11.1 Å². The Labute approximate surface area is 211 Å². The van der Waals surface area contributed by atoms with Crippen molar-refractivity contribution in [2.75, 3.05) is 0 Å². The van der Waals surface area contributed by atoms with Gasteiger partial charge in [0.05, 0.1) is 6.10 Å². The third-order valence-corrected chi connectivity index (χ3v) is 6.04. The second kappa shape index (κ2) is 11.0. The van der Waals surface area contributed by atoms with Gasteiger partial charge in [-0.25, -0.2) is 14.4 Å². The van der Waals surface area contributed by atoms with Crippen molar-refractivity contribution in [2.45, 2.75) is 37.6 Å². The molecular formula is C26H26O11. The second-order valence-electron chi connectivity index (χ2n) is 8.69. The number of rotatable bonds is 7. The lowest BCUT2D eigenvalue weighted by Gasteiger charge is -2.42. The van der Waals surface area contributed by atoms with Crippen LogP contribution in [0.4, 0.5) is 0 Å². The highest BCUT2D eigenvalue weighted by molar-refractivity contribution is 5.91. The molecule has 0 radical (unpaired) electrons. The van der Waals surface area contributed by atoms with Crippen LogP contribution in [-0.2, 0) is 23.9 Å². The molecule has 1 aliphatic carbocycles. The standard InChI is InChI=1S/C26H26O11/c1-14-21(31)12-26(25(34)35,37-24(33)9-5-16-3-7-18(28)20(30)11-16)13-22(14)36-23(32)8-4-15-2-6-17(27)19(29)10-15/h2-11,14,21-22,27-31H,12-13H2,1H3,(H,34,35)/b8-4+,9-5+. The number of aromatic hydroxyl groups is 4. The molecule has 0 bridgehead atoms. The molecule has 37 heavy (non-hydrogen) atoms. The Morgan fingerprint density at radius 3 is 1.84 bits per heavy atom. The second-order valence-corrected chi connectivity index (χ2v) is 8.69. The molecule has 0 spiro atoms. The van der Waals surface area contributed by atoms with E-state index in [-0.39, 0.29) is 17.2 Å². The number of carbonyl (C=O) groups is 3. The summed E-state index contributed by atoms with van der Waals surface area (Å²) in [6, 6.07) is 7.67. The molecule has 11 heteroatoms. The zero-order chi connectivity index (χ0) is 27.3. The van der Waals surface area contributed by atoms with E-state index in [0.717, 1.165) is 12.2 Å². The van der Waals surface area contributed by atoms with Gasteiger partial charge in [-0.05, 0) is 47.5 Å². The molecule has 0 aliphatic heterocycles. The predicted molar refractivity (Wildman–Crippen MR) is 128 cm³/mol. The first-order valence-corrected chi connectivity index (χ1v) is 11.2. The lowest BCUT2D eigenvalue weighted by atomic mass is 9.75. The van der Waals surface area contributed by atoms with E-state index in [2.05, 4.69) is 0 Å². The van der Waals surface area contributed by atoms with Crippen molar-refractivity contribution in [3.8, 4) is 23.0 Å². The Bertz CT molecular complexity index is 1250. The number of aliphatic hydroxyl groups excluding tert-OH is 1. The summed E-state index contributed by atoms with van der Waals surface area (Å²) in [5.74, 6) is -5.60.